The summed E-state index contributed by atoms with van der Waals surface area (Å²) in [5.74, 6) is 1.88. The zero-order valence-corrected chi connectivity index (χ0v) is 31.8. The maximum absolute atomic E-state index is 6.21. The second kappa shape index (κ2) is 22.8. The van der Waals surface area contributed by atoms with E-state index in [1.54, 1.807) is 0 Å². The van der Waals surface area contributed by atoms with Crippen LogP contribution in [0.15, 0.2) is 97.1 Å². The zero-order chi connectivity index (χ0) is 35.2. The second-order valence-corrected chi connectivity index (χ2v) is 14.2. The lowest BCUT2D eigenvalue weighted by atomic mass is 9.85. The van der Waals surface area contributed by atoms with Crippen LogP contribution in [0, 0.1) is 13.8 Å². The van der Waals surface area contributed by atoms with Gasteiger partial charge >= 0.3 is 0 Å². The molecule has 0 aliphatic carbocycles. The molecule has 50 heavy (non-hydrogen) atoms. The molecular formula is C48H64O2. The van der Waals surface area contributed by atoms with E-state index in [9.17, 15) is 0 Å². The molecule has 4 aromatic rings. The molecule has 0 radical (unpaired) electrons. The van der Waals surface area contributed by atoms with Gasteiger partial charge in [0, 0.05) is 0 Å². The molecule has 4 rings (SSSR count). The average molecular weight is 673 g/mol. The molecule has 268 valence electrons. The predicted octanol–water partition coefficient (Wildman–Crippen LogP) is 14.3. The molecule has 0 aliphatic heterocycles. The van der Waals surface area contributed by atoms with E-state index >= 15 is 0 Å². The Morgan fingerprint density at radius 2 is 0.600 bits per heavy atom. The quantitative estimate of drug-likeness (QED) is 0.0545. The molecule has 0 saturated carbocycles. The van der Waals surface area contributed by atoms with Crippen LogP contribution in [-0.2, 0) is 0 Å². The summed E-state index contributed by atoms with van der Waals surface area (Å²) in [6.45, 7) is 10.4. The van der Waals surface area contributed by atoms with Gasteiger partial charge in [-0.15, -0.1) is 0 Å². The van der Waals surface area contributed by atoms with Crippen molar-refractivity contribution in [3.05, 3.63) is 130 Å². The van der Waals surface area contributed by atoms with Crippen LogP contribution in [0.3, 0.4) is 0 Å². The smallest absolute Gasteiger partial charge is 0.119 e. The summed E-state index contributed by atoms with van der Waals surface area (Å²) in [7, 11) is 0. The summed E-state index contributed by atoms with van der Waals surface area (Å²) in [6.07, 6.45) is 20.9. The maximum Gasteiger partial charge on any atom is 0.119 e. The normalized spacial score (nSPS) is 11.8. The van der Waals surface area contributed by atoms with E-state index < -0.39 is 0 Å². The van der Waals surface area contributed by atoms with Crippen molar-refractivity contribution in [2.45, 2.75) is 130 Å². The van der Waals surface area contributed by atoms with Crippen LogP contribution < -0.4 is 9.47 Å². The topological polar surface area (TPSA) is 18.5 Å². The first-order valence-electron chi connectivity index (χ1n) is 19.9. The first-order valence-corrected chi connectivity index (χ1v) is 19.9. The Labute approximate surface area is 305 Å². The largest absolute Gasteiger partial charge is 0.494 e. The highest BCUT2D eigenvalue weighted by molar-refractivity contribution is 6.04. The number of unbranched alkanes of at least 4 members (excludes halogenated alkanes) is 14. The minimum atomic E-state index is 0.775. The standard InChI is InChI=1S/C48H64O2/c1-5-7-9-11-13-15-17-19-37-49-45-33-29-43(30-34-45)47(41-25-21-39(3)22-26-41)48(42-27-23-40(4)24-28-42)44-31-35-46(36-32-44)50-38-20-18-16-14-12-10-8-6-2/h21-36H,5-20,37-38H2,1-4H3. The van der Waals surface area contributed by atoms with E-state index in [0.717, 1.165) is 37.6 Å². The molecule has 0 atom stereocenters. The monoisotopic (exact) mass is 672 g/mol. The van der Waals surface area contributed by atoms with Gasteiger partial charge in [0.25, 0.3) is 0 Å². The molecule has 2 heteroatoms. The zero-order valence-electron chi connectivity index (χ0n) is 31.8. The van der Waals surface area contributed by atoms with Crippen LogP contribution in [0.2, 0.25) is 0 Å². The molecule has 0 N–H and O–H groups in total. The highest BCUT2D eigenvalue weighted by atomic mass is 16.5. The number of rotatable bonds is 24. The van der Waals surface area contributed by atoms with E-state index in [1.807, 2.05) is 0 Å². The molecule has 0 amide bonds. The van der Waals surface area contributed by atoms with Gasteiger partial charge in [0.05, 0.1) is 13.2 Å². The first kappa shape index (κ1) is 39.0. The lowest BCUT2D eigenvalue weighted by molar-refractivity contribution is 0.304. The fraction of sp³-hybridized carbons (Fsp3) is 0.458. The van der Waals surface area contributed by atoms with Crippen molar-refractivity contribution >= 4 is 11.1 Å². The Bertz CT molecular complexity index is 1380. The summed E-state index contributed by atoms with van der Waals surface area (Å²) < 4.78 is 12.4. The van der Waals surface area contributed by atoms with Crippen LogP contribution in [0.4, 0.5) is 0 Å². The van der Waals surface area contributed by atoms with E-state index in [0.29, 0.717) is 0 Å². The molecule has 0 bridgehead atoms. The van der Waals surface area contributed by atoms with E-state index in [4.69, 9.17) is 9.47 Å². The van der Waals surface area contributed by atoms with Gasteiger partial charge in [-0.05, 0) is 84.4 Å². The Balaban J connectivity index is 1.51. The van der Waals surface area contributed by atoms with Gasteiger partial charge < -0.3 is 9.47 Å². The molecule has 0 aliphatic rings. The van der Waals surface area contributed by atoms with Gasteiger partial charge in [-0.2, -0.15) is 0 Å². The predicted molar refractivity (Wildman–Crippen MR) is 216 cm³/mol. The van der Waals surface area contributed by atoms with E-state index in [-0.39, 0.29) is 0 Å². The van der Waals surface area contributed by atoms with Crippen LogP contribution in [0.5, 0.6) is 11.5 Å². The van der Waals surface area contributed by atoms with Crippen molar-refractivity contribution in [3.63, 3.8) is 0 Å². The molecule has 0 heterocycles. The molecular weight excluding hydrogens is 609 g/mol. The van der Waals surface area contributed by atoms with Crippen LogP contribution >= 0.6 is 0 Å². The summed E-state index contributed by atoms with van der Waals surface area (Å²) >= 11 is 0. The van der Waals surface area contributed by atoms with E-state index in [1.165, 1.54) is 134 Å². The molecule has 0 spiro atoms. The fourth-order valence-corrected chi connectivity index (χ4v) is 6.64. The number of hydrogen-bond acceptors (Lipinski definition) is 2. The van der Waals surface area contributed by atoms with Crippen molar-refractivity contribution in [1.29, 1.82) is 0 Å². The fourth-order valence-electron chi connectivity index (χ4n) is 6.64. The van der Waals surface area contributed by atoms with Gasteiger partial charge in [-0.3, -0.25) is 0 Å². The number of aryl methyl sites for hydroxylation is 2. The molecule has 0 saturated heterocycles. The van der Waals surface area contributed by atoms with Crippen molar-refractivity contribution in [1.82, 2.24) is 0 Å². The van der Waals surface area contributed by atoms with Crippen molar-refractivity contribution in [2.24, 2.45) is 0 Å². The van der Waals surface area contributed by atoms with Gasteiger partial charge in [-0.1, -0.05) is 188 Å². The highest BCUT2D eigenvalue weighted by Crippen LogP contribution is 2.38. The van der Waals surface area contributed by atoms with Crippen molar-refractivity contribution in [2.75, 3.05) is 13.2 Å². The Morgan fingerprint density at radius 1 is 0.340 bits per heavy atom. The molecule has 0 aromatic heterocycles. The minimum Gasteiger partial charge on any atom is -0.494 e. The third-order valence-electron chi connectivity index (χ3n) is 9.75. The molecule has 0 fully saturated rings. The Morgan fingerprint density at radius 3 is 0.900 bits per heavy atom. The summed E-state index contributed by atoms with van der Waals surface area (Å²) in [6, 6.07) is 35.4. The minimum absolute atomic E-state index is 0.775. The lowest BCUT2D eigenvalue weighted by Crippen LogP contribution is -2.00. The van der Waals surface area contributed by atoms with Crippen LogP contribution in [-0.4, -0.2) is 13.2 Å². The molecule has 4 aromatic carbocycles. The third kappa shape index (κ3) is 13.5. The first-order chi connectivity index (χ1) is 24.6. The van der Waals surface area contributed by atoms with Crippen LogP contribution in [0.25, 0.3) is 11.1 Å². The third-order valence-corrected chi connectivity index (χ3v) is 9.75. The van der Waals surface area contributed by atoms with Gasteiger partial charge in [-0.25, -0.2) is 0 Å². The maximum atomic E-state index is 6.21. The van der Waals surface area contributed by atoms with Gasteiger partial charge in [0.15, 0.2) is 0 Å². The van der Waals surface area contributed by atoms with E-state index in [2.05, 4.69) is 125 Å². The highest BCUT2D eigenvalue weighted by Gasteiger charge is 2.17. The summed E-state index contributed by atoms with van der Waals surface area (Å²) in [5, 5.41) is 0. The van der Waals surface area contributed by atoms with Crippen molar-refractivity contribution in [3.8, 4) is 11.5 Å². The Kier molecular flexibility index (Phi) is 17.8. The number of benzene rings is 4. The molecule has 2 nitrogen and oxygen atoms in total. The average Bonchev–Trinajstić information content (AvgIpc) is 3.14. The number of ether oxygens (including phenoxy) is 2. The molecule has 0 unspecified atom stereocenters. The van der Waals surface area contributed by atoms with Gasteiger partial charge in [0.2, 0.25) is 0 Å². The van der Waals surface area contributed by atoms with Crippen molar-refractivity contribution < 1.29 is 9.47 Å². The number of hydrogen-bond donors (Lipinski definition) is 0. The lowest BCUT2D eigenvalue weighted by Gasteiger charge is -2.19. The second-order valence-electron chi connectivity index (χ2n) is 14.2. The Hall–Kier alpha value is -3.78. The summed E-state index contributed by atoms with van der Waals surface area (Å²) in [4.78, 5) is 0. The SMILES string of the molecule is CCCCCCCCCCOc1ccc(C(=C(c2ccc(C)cc2)c2ccc(OCCCCCCCCCC)cc2)c2ccc(C)cc2)cc1. The van der Waals surface area contributed by atoms with Gasteiger partial charge in [0.1, 0.15) is 11.5 Å². The van der Waals surface area contributed by atoms with Crippen LogP contribution in [0.1, 0.15) is 150 Å². The summed E-state index contributed by atoms with van der Waals surface area (Å²) in [5.41, 5.74) is 9.72.